The number of nitrogens with zero attached hydrogens (tertiary/aromatic N) is 1. The lowest BCUT2D eigenvalue weighted by Crippen LogP contribution is -2.36. The van der Waals surface area contributed by atoms with Crippen molar-refractivity contribution in [3.63, 3.8) is 0 Å². The molecule has 0 spiro atoms. The van der Waals surface area contributed by atoms with Crippen molar-refractivity contribution in [1.82, 2.24) is 0 Å². The van der Waals surface area contributed by atoms with Gasteiger partial charge >= 0.3 is 6.18 Å². The van der Waals surface area contributed by atoms with Crippen molar-refractivity contribution >= 4 is 5.88 Å². The average molecular weight is 325 g/mol. The van der Waals surface area contributed by atoms with Crippen molar-refractivity contribution in [3.05, 3.63) is 52.2 Å². The van der Waals surface area contributed by atoms with Gasteiger partial charge in [0.2, 0.25) is 0 Å². The van der Waals surface area contributed by atoms with E-state index >= 15 is 0 Å². The molecule has 0 radical (unpaired) electrons. The standard InChI is InChI=1S/C16H14F3NO3/c17-16(18,19)13-4-2-1-3-12(13)14-9-11(21)10-15(23-14)20-5-7-22-8-6-20/h1-4,9-10H,5-8H2. The molecule has 2 heterocycles. The molecule has 0 unspecified atom stereocenters. The summed E-state index contributed by atoms with van der Waals surface area (Å²) in [6.45, 7) is 2.00. The first-order valence-corrected chi connectivity index (χ1v) is 7.09. The van der Waals surface area contributed by atoms with Crippen molar-refractivity contribution in [2.24, 2.45) is 0 Å². The number of anilines is 1. The molecular formula is C16H14F3NO3. The number of alkyl halides is 3. The van der Waals surface area contributed by atoms with Crippen LogP contribution in [0.15, 0.2) is 45.6 Å². The molecule has 0 N–H and O–H groups in total. The minimum atomic E-state index is -4.52. The maximum absolute atomic E-state index is 13.1. The molecule has 1 aromatic carbocycles. The average Bonchev–Trinajstić information content (AvgIpc) is 2.54. The largest absolute Gasteiger partial charge is 0.440 e. The normalized spacial score (nSPS) is 15.7. The fourth-order valence-corrected chi connectivity index (χ4v) is 2.48. The molecule has 1 saturated heterocycles. The van der Waals surface area contributed by atoms with Gasteiger partial charge in [0.25, 0.3) is 0 Å². The topological polar surface area (TPSA) is 42.7 Å². The van der Waals surface area contributed by atoms with Crippen molar-refractivity contribution < 1.29 is 22.3 Å². The molecule has 1 aromatic heterocycles. The van der Waals surface area contributed by atoms with Gasteiger partial charge in [-0.25, -0.2) is 0 Å². The Bertz CT molecular complexity index is 749. The maximum Gasteiger partial charge on any atom is 0.417 e. The van der Waals surface area contributed by atoms with Gasteiger partial charge in [-0.3, -0.25) is 4.79 Å². The monoisotopic (exact) mass is 325 g/mol. The Kier molecular flexibility index (Phi) is 4.12. The molecule has 1 aliphatic heterocycles. The molecule has 4 nitrogen and oxygen atoms in total. The molecular weight excluding hydrogens is 311 g/mol. The van der Waals surface area contributed by atoms with Crippen LogP contribution in [0.2, 0.25) is 0 Å². The zero-order chi connectivity index (χ0) is 16.4. The van der Waals surface area contributed by atoms with E-state index < -0.39 is 17.2 Å². The molecule has 0 saturated carbocycles. The van der Waals surface area contributed by atoms with Crippen molar-refractivity contribution in [1.29, 1.82) is 0 Å². The van der Waals surface area contributed by atoms with Gasteiger partial charge in [-0.05, 0) is 6.07 Å². The first kappa shape index (κ1) is 15.6. The van der Waals surface area contributed by atoms with Crippen LogP contribution in [0.1, 0.15) is 5.56 Å². The highest BCUT2D eigenvalue weighted by Gasteiger charge is 2.34. The molecule has 0 bridgehead atoms. The number of hydrogen-bond acceptors (Lipinski definition) is 4. The van der Waals surface area contributed by atoms with Crippen LogP contribution in [0, 0.1) is 0 Å². The Morgan fingerprint density at radius 1 is 1.04 bits per heavy atom. The number of rotatable bonds is 2. The van der Waals surface area contributed by atoms with Gasteiger partial charge in [-0.1, -0.05) is 18.2 Å². The molecule has 122 valence electrons. The van der Waals surface area contributed by atoms with E-state index in [1.165, 1.54) is 24.3 Å². The molecule has 3 rings (SSSR count). The number of ether oxygens (including phenoxy) is 1. The first-order valence-electron chi connectivity index (χ1n) is 7.09. The molecule has 23 heavy (non-hydrogen) atoms. The van der Waals surface area contributed by atoms with Crippen molar-refractivity contribution in [3.8, 4) is 11.3 Å². The van der Waals surface area contributed by atoms with Crippen LogP contribution in [-0.2, 0) is 10.9 Å². The summed E-state index contributed by atoms with van der Waals surface area (Å²) in [6.07, 6.45) is -4.52. The smallest absolute Gasteiger partial charge is 0.417 e. The minimum absolute atomic E-state index is 0.0908. The predicted octanol–water partition coefficient (Wildman–Crippen LogP) is 3.16. The molecule has 1 aliphatic rings. The third-order valence-corrected chi connectivity index (χ3v) is 3.57. The van der Waals surface area contributed by atoms with E-state index in [1.54, 1.807) is 4.90 Å². The molecule has 0 atom stereocenters. The van der Waals surface area contributed by atoms with E-state index in [9.17, 15) is 18.0 Å². The number of halogens is 3. The van der Waals surface area contributed by atoms with E-state index in [0.717, 1.165) is 12.1 Å². The first-order chi connectivity index (χ1) is 10.9. The molecule has 1 fully saturated rings. The number of hydrogen-bond donors (Lipinski definition) is 0. The zero-order valence-corrected chi connectivity index (χ0v) is 12.1. The summed E-state index contributed by atoms with van der Waals surface area (Å²) < 4.78 is 50.2. The summed E-state index contributed by atoms with van der Waals surface area (Å²) in [7, 11) is 0. The van der Waals surface area contributed by atoms with Gasteiger partial charge in [-0.2, -0.15) is 13.2 Å². The highest BCUT2D eigenvalue weighted by molar-refractivity contribution is 5.63. The molecule has 0 aliphatic carbocycles. The molecule has 7 heteroatoms. The second kappa shape index (κ2) is 6.08. The summed E-state index contributed by atoms with van der Waals surface area (Å²) >= 11 is 0. The third-order valence-electron chi connectivity index (χ3n) is 3.57. The van der Waals surface area contributed by atoms with Gasteiger partial charge in [0.05, 0.1) is 18.8 Å². The summed E-state index contributed by atoms with van der Waals surface area (Å²) in [5.74, 6) is 0.166. The fourth-order valence-electron chi connectivity index (χ4n) is 2.48. The van der Waals surface area contributed by atoms with Crippen molar-refractivity contribution in [2.45, 2.75) is 6.18 Å². The van der Waals surface area contributed by atoms with Gasteiger partial charge in [0.1, 0.15) is 5.76 Å². The Labute approximate surface area is 130 Å². The second-order valence-electron chi connectivity index (χ2n) is 5.14. The highest BCUT2D eigenvalue weighted by atomic mass is 19.4. The van der Waals surface area contributed by atoms with Crippen LogP contribution in [0.5, 0.6) is 0 Å². The molecule has 2 aromatic rings. The fraction of sp³-hybridized carbons (Fsp3) is 0.312. The van der Waals surface area contributed by atoms with E-state index in [4.69, 9.17) is 9.15 Å². The van der Waals surface area contributed by atoms with Crippen LogP contribution in [0.25, 0.3) is 11.3 Å². The van der Waals surface area contributed by atoms with Crippen LogP contribution >= 0.6 is 0 Å². The summed E-state index contributed by atoms with van der Waals surface area (Å²) in [5, 5.41) is 0. The number of benzene rings is 1. The highest BCUT2D eigenvalue weighted by Crippen LogP contribution is 2.37. The Morgan fingerprint density at radius 3 is 2.43 bits per heavy atom. The SMILES string of the molecule is O=c1cc(-c2ccccc2C(F)(F)F)oc(N2CCOCC2)c1. The van der Waals surface area contributed by atoms with Crippen LogP contribution in [-0.4, -0.2) is 26.3 Å². The summed E-state index contributed by atoms with van der Waals surface area (Å²) in [5.41, 5.74) is -1.38. The van der Waals surface area contributed by atoms with Gasteiger partial charge in [0, 0.05) is 30.8 Å². The lowest BCUT2D eigenvalue weighted by Gasteiger charge is -2.27. The lowest BCUT2D eigenvalue weighted by molar-refractivity contribution is -0.137. The molecule has 0 amide bonds. The second-order valence-corrected chi connectivity index (χ2v) is 5.14. The lowest BCUT2D eigenvalue weighted by atomic mass is 10.0. The van der Waals surface area contributed by atoms with E-state index in [2.05, 4.69) is 0 Å². The van der Waals surface area contributed by atoms with E-state index in [1.807, 2.05) is 0 Å². The van der Waals surface area contributed by atoms with E-state index in [0.29, 0.717) is 26.3 Å². The summed E-state index contributed by atoms with van der Waals surface area (Å²) in [4.78, 5) is 13.7. The van der Waals surface area contributed by atoms with Crippen molar-refractivity contribution in [2.75, 3.05) is 31.2 Å². The Hall–Kier alpha value is -2.28. The Balaban J connectivity index is 2.07. The minimum Gasteiger partial charge on any atom is -0.440 e. The third kappa shape index (κ3) is 3.39. The zero-order valence-electron chi connectivity index (χ0n) is 12.1. The maximum atomic E-state index is 13.1. The van der Waals surface area contributed by atoms with E-state index in [-0.39, 0.29) is 17.2 Å². The summed E-state index contributed by atoms with van der Waals surface area (Å²) in [6, 6.07) is 7.41. The Morgan fingerprint density at radius 2 is 1.74 bits per heavy atom. The van der Waals surface area contributed by atoms with Gasteiger partial charge in [-0.15, -0.1) is 0 Å². The van der Waals surface area contributed by atoms with Crippen LogP contribution in [0.4, 0.5) is 19.1 Å². The van der Waals surface area contributed by atoms with Gasteiger partial charge in [0.15, 0.2) is 11.3 Å². The van der Waals surface area contributed by atoms with Crippen LogP contribution < -0.4 is 10.3 Å². The van der Waals surface area contributed by atoms with Gasteiger partial charge < -0.3 is 14.1 Å². The number of morpholine rings is 1. The van der Waals surface area contributed by atoms with Crippen LogP contribution in [0.3, 0.4) is 0 Å². The quantitative estimate of drug-likeness (QED) is 0.851. The predicted molar refractivity (Wildman–Crippen MR) is 78.4 cm³/mol.